The molecule has 0 bridgehead atoms. The highest BCUT2D eigenvalue weighted by Crippen LogP contribution is 2.26. The number of rotatable bonds is 4. The lowest BCUT2D eigenvalue weighted by atomic mass is 10.0. The minimum absolute atomic E-state index is 0.0639. The third-order valence-electron chi connectivity index (χ3n) is 3.55. The Morgan fingerprint density at radius 1 is 1.21 bits per heavy atom. The van der Waals surface area contributed by atoms with Crippen LogP contribution in [0, 0.1) is 5.92 Å². The molecule has 2 atom stereocenters. The van der Waals surface area contributed by atoms with Crippen molar-refractivity contribution in [3.05, 3.63) is 35.4 Å². The van der Waals surface area contributed by atoms with E-state index in [1.165, 1.54) is 0 Å². The molecule has 1 fully saturated rings. The van der Waals surface area contributed by atoms with Crippen LogP contribution >= 0.6 is 0 Å². The molecule has 0 heterocycles. The number of hydrogen-bond donors (Lipinski definition) is 3. The molecule has 2 rings (SSSR count). The molecule has 0 saturated heterocycles. The summed E-state index contributed by atoms with van der Waals surface area (Å²) in [5, 5.41) is 20.8. The van der Waals surface area contributed by atoms with Crippen LogP contribution in [0.3, 0.4) is 0 Å². The Bertz CT molecular complexity index is 469. The van der Waals surface area contributed by atoms with Crippen molar-refractivity contribution in [1.29, 1.82) is 0 Å². The van der Waals surface area contributed by atoms with Crippen LogP contribution in [-0.2, 0) is 11.4 Å². The first kappa shape index (κ1) is 13.5. The molecule has 102 valence electrons. The van der Waals surface area contributed by atoms with Crippen molar-refractivity contribution in [2.24, 2.45) is 5.92 Å². The summed E-state index contributed by atoms with van der Waals surface area (Å²) in [5.74, 6) is -1.60. The summed E-state index contributed by atoms with van der Waals surface area (Å²) in [6, 6.07) is 6.33. The number of amides is 1. The van der Waals surface area contributed by atoms with Gasteiger partial charge in [0.2, 0.25) is 0 Å². The van der Waals surface area contributed by atoms with Crippen molar-refractivity contribution in [2.45, 2.75) is 31.9 Å². The van der Waals surface area contributed by atoms with Crippen LogP contribution in [0.4, 0.5) is 0 Å². The van der Waals surface area contributed by atoms with Gasteiger partial charge in [0.05, 0.1) is 12.5 Å². The Hall–Kier alpha value is -1.88. The summed E-state index contributed by atoms with van der Waals surface area (Å²) in [4.78, 5) is 23.0. The standard InChI is InChI=1S/C14H17NO4/c16-8-9-4-6-10(7-5-9)13(17)15-12-3-1-2-11(12)14(18)19/h4-7,11-12,16H,1-3,8H2,(H,15,17)(H,18,19). The zero-order chi connectivity index (χ0) is 13.8. The number of carbonyl (C=O) groups is 2. The lowest BCUT2D eigenvalue weighted by Gasteiger charge is -2.17. The molecule has 0 radical (unpaired) electrons. The molecular formula is C14H17NO4. The molecule has 0 aliphatic heterocycles. The number of aliphatic hydroxyl groups excluding tert-OH is 1. The fraction of sp³-hybridized carbons (Fsp3) is 0.429. The minimum atomic E-state index is -0.849. The molecular weight excluding hydrogens is 246 g/mol. The summed E-state index contributed by atoms with van der Waals surface area (Å²) in [6.45, 7) is -0.0639. The van der Waals surface area contributed by atoms with Crippen LogP contribution in [0.5, 0.6) is 0 Å². The lowest BCUT2D eigenvalue weighted by Crippen LogP contribution is -2.40. The van der Waals surface area contributed by atoms with Gasteiger partial charge in [-0.1, -0.05) is 18.6 Å². The van der Waals surface area contributed by atoms with Gasteiger partial charge in [-0.05, 0) is 30.5 Å². The van der Waals surface area contributed by atoms with Crippen LogP contribution in [0.2, 0.25) is 0 Å². The van der Waals surface area contributed by atoms with Crippen molar-refractivity contribution < 1.29 is 19.8 Å². The van der Waals surface area contributed by atoms with E-state index in [1.54, 1.807) is 24.3 Å². The van der Waals surface area contributed by atoms with Crippen molar-refractivity contribution >= 4 is 11.9 Å². The number of aliphatic hydroxyl groups is 1. The summed E-state index contributed by atoms with van der Waals surface area (Å²) < 4.78 is 0. The highest BCUT2D eigenvalue weighted by molar-refractivity contribution is 5.94. The quantitative estimate of drug-likeness (QED) is 0.761. The van der Waals surface area contributed by atoms with Gasteiger partial charge in [-0.15, -0.1) is 0 Å². The lowest BCUT2D eigenvalue weighted by molar-refractivity contribution is -0.142. The van der Waals surface area contributed by atoms with Crippen molar-refractivity contribution in [2.75, 3.05) is 0 Å². The van der Waals surface area contributed by atoms with Crippen LogP contribution in [-0.4, -0.2) is 28.1 Å². The molecule has 1 aliphatic rings. The van der Waals surface area contributed by atoms with Crippen LogP contribution in [0.1, 0.15) is 35.2 Å². The molecule has 1 aromatic rings. The molecule has 1 aromatic carbocycles. The zero-order valence-corrected chi connectivity index (χ0v) is 10.5. The zero-order valence-electron chi connectivity index (χ0n) is 10.5. The second kappa shape index (κ2) is 5.84. The maximum absolute atomic E-state index is 12.0. The Morgan fingerprint density at radius 2 is 1.89 bits per heavy atom. The van der Waals surface area contributed by atoms with E-state index < -0.39 is 11.9 Å². The second-order valence-electron chi connectivity index (χ2n) is 4.81. The number of benzene rings is 1. The minimum Gasteiger partial charge on any atom is -0.481 e. The molecule has 3 N–H and O–H groups in total. The van der Waals surface area contributed by atoms with E-state index in [9.17, 15) is 9.59 Å². The highest BCUT2D eigenvalue weighted by Gasteiger charge is 2.33. The Kier molecular flexibility index (Phi) is 4.16. The number of nitrogens with one attached hydrogen (secondary N) is 1. The van der Waals surface area contributed by atoms with E-state index in [1.807, 2.05) is 0 Å². The van der Waals surface area contributed by atoms with Gasteiger partial charge >= 0.3 is 5.97 Å². The molecule has 0 spiro atoms. The molecule has 5 heteroatoms. The average Bonchev–Trinajstić information content (AvgIpc) is 2.87. The fourth-order valence-corrected chi connectivity index (χ4v) is 2.44. The largest absolute Gasteiger partial charge is 0.481 e. The van der Waals surface area contributed by atoms with E-state index in [4.69, 9.17) is 10.2 Å². The Labute approximate surface area is 111 Å². The van der Waals surface area contributed by atoms with Gasteiger partial charge in [0, 0.05) is 11.6 Å². The number of hydrogen-bond acceptors (Lipinski definition) is 3. The van der Waals surface area contributed by atoms with Crippen LogP contribution < -0.4 is 5.32 Å². The van der Waals surface area contributed by atoms with Crippen molar-refractivity contribution in [1.82, 2.24) is 5.32 Å². The smallest absolute Gasteiger partial charge is 0.308 e. The highest BCUT2D eigenvalue weighted by atomic mass is 16.4. The third kappa shape index (κ3) is 3.12. The summed E-state index contributed by atoms with van der Waals surface area (Å²) in [6.07, 6.45) is 2.15. The number of carboxylic acid groups (broad SMARTS) is 1. The SMILES string of the molecule is O=C(NC1CCCC1C(=O)O)c1ccc(CO)cc1. The molecule has 1 saturated carbocycles. The van der Waals surface area contributed by atoms with Gasteiger partial charge in [0.1, 0.15) is 0 Å². The van der Waals surface area contributed by atoms with Gasteiger partial charge in [-0.3, -0.25) is 9.59 Å². The Balaban J connectivity index is 2.01. The van der Waals surface area contributed by atoms with E-state index >= 15 is 0 Å². The normalized spacial score (nSPS) is 22.2. The number of aliphatic carboxylic acids is 1. The number of carbonyl (C=O) groups excluding carboxylic acids is 1. The predicted octanol–water partition coefficient (Wildman–Crippen LogP) is 1.16. The monoisotopic (exact) mass is 263 g/mol. The molecule has 5 nitrogen and oxygen atoms in total. The molecule has 19 heavy (non-hydrogen) atoms. The van der Waals surface area contributed by atoms with Crippen molar-refractivity contribution in [3.8, 4) is 0 Å². The number of carboxylic acids is 1. The topological polar surface area (TPSA) is 86.6 Å². The van der Waals surface area contributed by atoms with Gasteiger partial charge in [0.15, 0.2) is 0 Å². The molecule has 1 amide bonds. The van der Waals surface area contributed by atoms with E-state index in [0.29, 0.717) is 18.4 Å². The molecule has 2 unspecified atom stereocenters. The van der Waals surface area contributed by atoms with Crippen LogP contribution in [0.25, 0.3) is 0 Å². The van der Waals surface area contributed by atoms with Crippen LogP contribution in [0.15, 0.2) is 24.3 Å². The third-order valence-corrected chi connectivity index (χ3v) is 3.55. The summed E-state index contributed by atoms with van der Waals surface area (Å²) >= 11 is 0. The van der Waals surface area contributed by atoms with Crippen molar-refractivity contribution in [3.63, 3.8) is 0 Å². The fourth-order valence-electron chi connectivity index (χ4n) is 2.44. The van der Waals surface area contributed by atoms with Gasteiger partial charge in [0.25, 0.3) is 5.91 Å². The van der Waals surface area contributed by atoms with Gasteiger partial charge in [-0.2, -0.15) is 0 Å². The van der Waals surface area contributed by atoms with E-state index in [2.05, 4.69) is 5.32 Å². The second-order valence-corrected chi connectivity index (χ2v) is 4.81. The predicted molar refractivity (Wildman–Crippen MR) is 68.6 cm³/mol. The first-order chi connectivity index (χ1) is 9.11. The maximum atomic E-state index is 12.0. The maximum Gasteiger partial charge on any atom is 0.308 e. The Morgan fingerprint density at radius 3 is 2.47 bits per heavy atom. The van der Waals surface area contributed by atoms with E-state index in [-0.39, 0.29) is 18.6 Å². The first-order valence-electron chi connectivity index (χ1n) is 6.35. The summed E-state index contributed by atoms with van der Waals surface area (Å²) in [5.41, 5.74) is 1.22. The van der Waals surface area contributed by atoms with Gasteiger partial charge < -0.3 is 15.5 Å². The molecule has 1 aliphatic carbocycles. The van der Waals surface area contributed by atoms with Gasteiger partial charge in [-0.25, -0.2) is 0 Å². The summed E-state index contributed by atoms with van der Waals surface area (Å²) in [7, 11) is 0. The average molecular weight is 263 g/mol. The van der Waals surface area contributed by atoms with E-state index in [0.717, 1.165) is 12.0 Å². The first-order valence-corrected chi connectivity index (χ1v) is 6.35. The molecule has 0 aromatic heterocycles.